The SMILES string of the molecule is C=C/C=C(\C)N(/C(C)=C/C=C\C)c1ccccc1. The molecule has 94 valence electrons. The predicted octanol–water partition coefficient (Wildman–Crippen LogP) is 5.06. The molecule has 0 N–H and O–H groups in total. The first kappa shape index (κ1) is 14.0. The first-order chi connectivity index (χ1) is 8.70. The number of rotatable bonds is 5. The topological polar surface area (TPSA) is 3.24 Å². The Morgan fingerprint density at radius 3 is 2.22 bits per heavy atom. The number of benzene rings is 1. The molecule has 0 spiro atoms. The fourth-order valence-corrected chi connectivity index (χ4v) is 1.82. The molecule has 0 aromatic heterocycles. The van der Waals surface area contributed by atoms with Gasteiger partial charge >= 0.3 is 0 Å². The van der Waals surface area contributed by atoms with E-state index in [0.29, 0.717) is 0 Å². The molecule has 0 aliphatic rings. The highest BCUT2D eigenvalue weighted by Gasteiger charge is 2.08. The van der Waals surface area contributed by atoms with Crippen LogP contribution in [0.25, 0.3) is 0 Å². The van der Waals surface area contributed by atoms with Crippen molar-refractivity contribution in [3.63, 3.8) is 0 Å². The van der Waals surface area contributed by atoms with Crippen molar-refractivity contribution in [2.45, 2.75) is 20.8 Å². The maximum atomic E-state index is 3.76. The molecule has 0 heterocycles. The van der Waals surface area contributed by atoms with E-state index in [4.69, 9.17) is 0 Å². The number of anilines is 1. The van der Waals surface area contributed by atoms with E-state index in [9.17, 15) is 0 Å². The van der Waals surface area contributed by atoms with Gasteiger partial charge in [0, 0.05) is 17.1 Å². The molecule has 0 radical (unpaired) electrons. The van der Waals surface area contributed by atoms with Gasteiger partial charge < -0.3 is 4.90 Å². The van der Waals surface area contributed by atoms with Crippen LogP contribution < -0.4 is 4.90 Å². The summed E-state index contributed by atoms with van der Waals surface area (Å²) in [4.78, 5) is 2.21. The lowest BCUT2D eigenvalue weighted by Crippen LogP contribution is -2.18. The van der Waals surface area contributed by atoms with Crippen molar-refractivity contribution in [2.75, 3.05) is 4.90 Å². The molecule has 0 atom stereocenters. The Balaban J connectivity index is 3.19. The number of hydrogen-bond donors (Lipinski definition) is 0. The Morgan fingerprint density at radius 1 is 1.06 bits per heavy atom. The molecule has 1 nitrogen and oxygen atoms in total. The average molecular weight is 239 g/mol. The predicted molar refractivity (Wildman–Crippen MR) is 81.4 cm³/mol. The Kier molecular flexibility index (Phi) is 5.72. The fraction of sp³-hybridized carbons (Fsp3) is 0.176. The molecule has 0 saturated heterocycles. The monoisotopic (exact) mass is 239 g/mol. The van der Waals surface area contributed by atoms with Gasteiger partial charge in [-0.05, 0) is 45.1 Å². The van der Waals surface area contributed by atoms with Crippen LogP contribution in [0.15, 0.2) is 78.7 Å². The minimum atomic E-state index is 1.15. The highest BCUT2D eigenvalue weighted by Crippen LogP contribution is 2.23. The van der Waals surface area contributed by atoms with Gasteiger partial charge in [-0.3, -0.25) is 0 Å². The van der Waals surface area contributed by atoms with E-state index in [-0.39, 0.29) is 0 Å². The Hall–Kier alpha value is -2.02. The fourth-order valence-electron chi connectivity index (χ4n) is 1.82. The molecule has 1 heteroatoms. The van der Waals surface area contributed by atoms with Crippen molar-refractivity contribution in [1.82, 2.24) is 0 Å². The lowest BCUT2D eigenvalue weighted by atomic mass is 10.2. The van der Waals surface area contributed by atoms with Gasteiger partial charge in [0.1, 0.15) is 0 Å². The first-order valence-corrected chi connectivity index (χ1v) is 6.14. The smallest absolute Gasteiger partial charge is 0.0454 e. The van der Waals surface area contributed by atoms with Crippen molar-refractivity contribution in [2.24, 2.45) is 0 Å². The molecule has 18 heavy (non-hydrogen) atoms. The van der Waals surface area contributed by atoms with Crippen LogP contribution in [0.5, 0.6) is 0 Å². The van der Waals surface area contributed by atoms with Crippen LogP contribution in [0.1, 0.15) is 20.8 Å². The third kappa shape index (κ3) is 3.77. The molecular formula is C17H21N. The van der Waals surface area contributed by atoms with Crippen LogP contribution >= 0.6 is 0 Å². The van der Waals surface area contributed by atoms with Gasteiger partial charge in [-0.25, -0.2) is 0 Å². The number of nitrogens with zero attached hydrogens (tertiary/aromatic N) is 1. The first-order valence-electron chi connectivity index (χ1n) is 6.14. The third-order valence-corrected chi connectivity index (χ3v) is 2.61. The molecule has 1 rings (SSSR count). The summed E-state index contributed by atoms with van der Waals surface area (Å²) in [5.41, 5.74) is 3.48. The zero-order valence-electron chi connectivity index (χ0n) is 11.4. The van der Waals surface area contributed by atoms with E-state index in [2.05, 4.69) is 43.5 Å². The van der Waals surface area contributed by atoms with Crippen LogP contribution in [-0.2, 0) is 0 Å². The summed E-state index contributed by atoms with van der Waals surface area (Å²) >= 11 is 0. The van der Waals surface area contributed by atoms with E-state index in [1.807, 2.05) is 49.4 Å². The van der Waals surface area contributed by atoms with E-state index < -0.39 is 0 Å². The summed E-state index contributed by atoms with van der Waals surface area (Å²) in [6.07, 6.45) is 10.0. The van der Waals surface area contributed by atoms with Crippen molar-refractivity contribution in [3.8, 4) is 0 Å². The molecule has 0 bridgehead atoms. The van der Waals surface area contributed by atoms with Crippen LogP contribution in [-0.4, -0.2) is 0 Å². The summed E-state index contributed by atoms with van der Waals surface area (Å²) in [6.45, 7) is 9.97. The number of allylic oxidation sites excluding steroid dienone is 7. The second kappa shape index (κ2) is 7.33. The molecule has 0 aliphatic heterocycles. The second-order valence-corrected chi connectivity index (χ2v) is 4.05. The number of hydrogen-bond acceptors (Lipinski definition) is 1. The van der Waals surface area contributed by atoms with E-state index in [0.717, 1.165) is 11.4 Å². The normalized spacial score (nSPS) is 12.8. The molecule has 0 amide bonds. The minimum Gasteiger partial charge on any atom is -0.319 e. The summed E-state index contributed by atoms with van der Waals surface area (Å²) in [7, 11) is 0. The average Bonchev–Trinajstić information content (AvgIpc) is 2.38. The van der Waals surface area contributed by atoms with Gasteiger partial charge in [-0.2, -0.15) is 0 Å². The van der Waals surface area contributed by atoms with Crippen LogP contribution in [0.3, 0.4) is 0 Å². The van der Waals surface area contributed by atoms with E-state index in [1.165, 1.54) is 5.70 Å². The number of para-hydroxylation sites is 1. The Morgan fingerprint density at radius 2 is 1.67 bits per heavy atom. The second-order valence-electron chi connectivity index (χ2n) is 4.05. The van der Waals surface area contributed by atoms with Crippen molar-refractivity contribution < 1.29 is 0 Å². The van der Waals surface area contributed by atoms with Gasteiger partial charge in [0.25, 0.3) is 0 Å². The van der Waals surface area contributed by atoms with Crippen molar-refractivity contribution >= 4 is 5.69 Å². The van der Waals surface area contributed by atoms with Gasteiger partial charge in [-0.15, -0.1) is 0 Å². The van der Waals surface area contributed by atoms with Crippen LogP contribution in [0, 0.1) is 0 Å². The molecule has 0 saturated carbocycles. The third-order valence-electron chi connectivity index (χ3n) is 2.61. The van der Waals surface area contributed by atoms with Gasteiger partial charge in [-0.1, -0.05) is 43.0 Å². The van der Waals surface area contributed by atoms with E-state index in [1.54, 1.807) is 0 Å². The largest absolute Gasteiger partial charge is 0.319 e. The molecule has 0 aliphatic carbocycles. The highest BCUT2D eigenvalue weighted by atomic mass is 15.1. The standard InChI is InChI=1S/C17H21N/c1-5-7-12-16(4)18(15(3)11-6-2)17-13-9-8-10-14-17/h5-14H,2H2,1,3-4H3/b7-5-,15-11+,16-12+. The Labute approximate surface area is 110 Å². The van der Waals surface area contributed by atoms with Gasteiger partial charge in [0.2, 0.25) is 0 Å². The summed E-state index contributed by atoms with van der Waals surface area (Å²) in [6, 6.07) is 10.3. The lowest BCUT2D eigenvalue weighted by molar-refractivity contribution is 1.06. The van der Waals surface area contributed by atoms with E-state index >= 15 is 0 Å². The minimum absolute atomic E-state index is 1.15. The molecule has 1 aromatic rings. The molecule has 0 fully saturated rings. The summed E-state index contributed by atoms with van der Waals surface area (Å²) < 4.78 is 0. The summed E-state index contributed by atoms with van der Waals surface area (Å²) in [5.74, 6) is 0. The lowest BCUT2D eigenvalue weighted by Gasteiger charge is -2.26. The molecule has 0 unspecified atom stereocenters. The maximum Gasteiger partial charge on any atom is 0.0454 e. The highest BCUT2D eigenvalue weighted by molar-refractivity contribution is 5.58. The van der Waals surface area contributed by atoms with Crippen molar-refractivity contribution in [1.29, 1.82) is 0 Å². The summed E-state index contributed by atoms with van der Waals surface area (Å²) in [5, 5.41) is 0. The maximum absolute atomic E-state index is 3.76. The zero-order chi connectivity index (χ0) is 13.4. The molecular weight excluding hydrogens is 218 g/mol. The zero-order valence-corrected chi connectivity index (χ0v) is 11.4. The van der Waals surface area contributed by atoms with Crippen LogP contribution in [0.2, 0.25) is 0 Å². The van der Waals surface area contributed by atoms with Crippen molar-refractivity contribution in [3.05, 3.63) is 78.7 Å². The molecule has 1 aromatic carbocycles. The van der Waals surface area contributed by atoms with Gasteiger partial charge in [0.05, 0.1) is 0 Å². The Bertz CT molecular complexity index is 464. The van der Waals surface area contributed by atoms with Gasteiger partial charge in [0.15, 0.2) is 0 Å². The van der Waals surface area contributed by atoms with Crippen LogP contribution in [0.4, 0.5) is 5.69 Å². The quantitative estimate of drug-likeness (QED) is 0.649.